The second-order valence-corrected chi connectivity index (χ2v) is 6.08. The van der Waals surface area contributed by atoms with Gasteiger partial charge in [0.25, 0.3) is 0 Å². The summed E-state index contributed by atoms with van der Waals surface area (Å²) in [6, 6.07) is 0.713. The lowest BCUT2D eigenvalue weighted by Gasteiger charge is -2.29. The van der Waals surface area contributed by atoms with Gasteiger partial charge in [-0.2, -0.15) is 0 Å². The van der Waals surface area contributed by atoms with Crippen LogP contribution in [-0.2, 0) is 0 Å². The minimum atomic E-state index is 0.713. The topological polar surface area (TPSA) is 15.3 Å². The number of rotatable bonds is 2. The first-order valence-electron chi connectivity index (χ1n) is 7.20. The molecule has 0 amide bonds. The van der Waals surface area contributed by atoms with Gasteiger partial charge in [-0.1, -0.05) is 13.3 Å². The fraction of sp³-hybridized carbons (Fsp3) is 1.00. The summed E-state index contributed by atoms with van der Waals surface area (Å²) in [5.74, 6) is 1.98. The van der Waals surface area contributed by atoms with E-state index < -0.39 is 0 Å². The highest BCUT2D eigenvalue weighted by atomic mass is 15.1. The molecule has 3 unspecified atom stereocenters. The van der Waals surface area contributed by atoms with Gasteiger partial charge in [0.2, 0.25) is 0 Å². The average Bonchev–Trinajstić information content (AvgIpc) is 2.63. The molecule has 2 fully saturated rings. The predicted molar refractivity (Wildman–Crippen MR) is 69.6 cm³/mol. The first-order valence-corrected chi connectivity index (χ1v) is 7.20. The Labute approximate surface area is 101 Å². The Balaban J connectivity index is 1.74. The number of hydrogen-bond acceptors (Lipinski definition) is 2. The van der Waals surface area contributed by atoms with Crippen LogP contribution in [0.3, 0.4) is 0 Å². The molecule has 1 aliphatic heterocycles. The Bertz CT molecular complexity index is 205. The van der Waals surface area contributed by atoms with Gasteiger partial charge in [0.05, 0.1) is 0 Å². The fourth-order valence-corrected chi connectivity index (χ4v) is 3.28. The highest BCUT2D eigenvalue weighted by Crippen LogP contribution is 2.30. The van der Waals surface area contributed by atoms with Crippen molar-refractivity contribution >= 4 is 0 Å². The molecule has 0 aromatic heterocycles. The molecule has 2 heteroatoms. The van der Waals surface area contributed by atoms with Crippen LogP contribution in [0, 0.1) is 11.8 Å². The van der Waals surface area contributed by atoms with Crippen molar-refractivity contribution in [3.8, 4) is 0 Å². The second-order valence-electron chi connectivity index (χ2n) is 6.08. The van der Waals surface area contributed by atoms with Gasteiger partial charge in [0.1, 0.15) is 0 Å². The monoisotopic (exact) mass is 224 g/mol. The molecular weight excluding hydrogens is 196 g/mol. The van der Waals surface area contributed by atoms with Gasteiger partial charge < -0.3 is 10.2 Å². The molecule has 0 spiro atoms. The van der Waals surface area contributed by atoms with Crippen LogP contribution >= 0.6 is 0 Å². The van der Waals surface area contributed by atoms with Crippen LogP contribution in [0.2, 0.25) is 0 Å². The van der Waals surface area contributed by atoms with Crippen LogP contribution in [0.15, 0.2) is 0 Å². The highest BCUT2D eigenvalue weighted by Gasteiger charge is 2.23. The van der Waals surface area contributed by atoms with Gasteiger partial charge in [-0.3, -0.25) is 0 Å². The molecule has 0 aromatic rings. The van der Waals surface area contributed by atoms with Gasteiger partial charge in [0.15, 0.2) is 0 Å². The largest absolute Gasteiger partial charge is 0.314 e. The Morgan fingerprint density at radius 1 is 1.12 bits per heavy atom. The van der Waals surface area contributed by atoms with Gasteiger partial charge in [-0.05, 0) is 64.1 Å². The lowest BCUT2D eigenvalue weighted by molar-refractivity contribution is 0.203. The van der Waals surface area contributed by atoms with E-state index in [1.807, 2.05) is 0 Å². The van der Waals surface area contributed by atoms with E-state index in [2.05, 4.69) is 24.1 Å². The summed E-state index contributed by atoms with van der Waals surface area (Å²) in [6.45, 7) is 9.93. The van der Waals surface area contributed by atoms with Crippen molar-refractivity contribution < 1.29 is 0 Å². The number of nitrogens with zero attached hydrogens (tertiary/aromatic N) is 1. The van der Waals surface area contributed by atoms with E-state index in [1.165, 1.54) is 58.3 Å². The molecule has 2 rings (SSSR count). The summed E-state index contributed by atoms with van der Waals surface area (Å²) in [6.07, 6.45) is 7.07. The quantitative estimate of drug-likeness (QED) is 0.775. The summed E-state index contributed by atoms with van der Waals surface area (Å²) in [5, 5.41) is 3.58. The first kappa shape index (κ1) is 12.4. The predicted octanol–water partition coefficient (Wildman–Crippen LogP) is 2.50. The van der Waals surface area contributed by atoms with Crippen LogP contribution in [0.25, 0.3) is 0 Å². The smallest absolute Gasteiger partial charge is 0.00509 e. The molecule has 2 nitrogen and oxygen atoms in total. The Morgan fingerprint density at radius 3 is 2.75 bits per heavy atom. The zero-order valence-corrected chi connectivity index (χ0v) is 11.0. The third kappa shape index (κ3) is 3.74. The van der Waals surface area contributed by atoms with Crippen molar-refractivity contribution in [2.45, 2.75) is 52.0 Å². The molecule has 1 saturated heterocycles. The minimum absolute atomic E-state index is 0.713. The zero-order valence-electron chi connectivity index (χ0n) is 11.0. The molecule has 0 radical (unpaired) electrons. The maximum absolute atomic E-state index is 3.58. The van der Waals surface area contributed by atoms with E-state index in [0.29, 0.717) is 6.04 Å². The average molecular weight is 224 g/mol. The Hall–Kier alpha value is -0.0800. The summed E-state index contributed by atoms with van der Waals surface area (Å²) in [5.41, 5.74) is 0. The lowest BCUT2D eigenvalue weighted by atomic mass is 10.0. The van der Waals surface area contributed by atoms with E-state index in [4.69, 9.17) is 0 Å². The maximum Gasteiger partial charge on any atom is 0.00509 e. The molecule has 3 atom stereocenters. The van der Waals surface area contributed by atoms with Crippen molar-refractivity contribution in [1.82, 2.24) is 10.2 Å². The van der Waals surface area contributed by atoms with Gasteiger partial charge in [-0.15, -0.1) is 0 Å². The Morgan fingerprint density at radius 2 is 2.00 bits per heavy atom. The van der Waals surface area contributed by atoms with Crippen molar-refractivity contribution in [2.24, 2.45) is 11.8 Å². The van der Waals surface area contributed by atoms with Crippen LogP contribution in [0.1, 0.15) is 46.0 Å². The van der Waals surface area contributed by atoms with Crippen molar-refractivity contribution in [1.29, 1.82) is 0 Å². The molecule has 1 N–H and O–H groups in total. The van der Waals surface area contributed by atoms with Crippen molar-refractivity contribution in [2.75, 3.05) is 26.2 Å². The SMILES string of the molecule is CC1CCC(CN2CCCNC(C)CC2)C1. The molecule has 2 aliphatic rings. The summed E-state index contributed by atoms with van der Waals surface area (Å²) in [7, 11) is 0. The number of nitrogens with one attached hydrogen (secondary N) is 1. The zero-order chi connectivity index (χ0) is 11.4. The molecular formula is C14H28N2. The molecule has 0 bridgehead atoms. The van der Waals surface area contributed by atoms with E-state index >= 15 is 0 Å². The summed E-state index contributed by atoms with van der Waals surface area (Å²) < 4.78 is 0. The minimum Gasteiger partial charge on any atom is -0.314 e. The van der Waals surface area contributed by atoms with Crippen molar-refractivity contribution in [3.63, 3.8) is 0 Å². The third-order valence-corrected chi connectivity index (χ3v) is 4.34. The second kappa shape index (κ2) is 6.02. The molecule has 94 valence electrons. The van der Waals surface area contributed by atoms with E-state index in [-0.39, 0.29) is 0 Å². The Kier molecular flexibility index (Phi) is 4.66. The first-order chi connectivity index (χ1) is 7.74. The molecule has 16 heavy (non-hydrogen) atoms. The maximum atomic E-state index is 3.58. The van der Waals surface area contributed by atoms with Crippen LogP contribution in [0.5, 0.6) is 0 Å². The summed E-state index contributed by atoms with van der Waals surface area (Å²) in [4.78, 5) is 2.72. The lowest BCUT2D eigenvalue weighted by Crippen LogP contribution is -2.40. The van der Waals surface area contributed by atoms with Gasteiger partial charge in [0, 0.05) is 12.6 Å². The highest BCUT2D eigenvalue weighted by molar-refractivity contribution is 4.77. The van der Waals surface area contributed by atoms with E-state index in [1.54, 1.807) is 0 Å². The van der Waals surface area contributed by atoms with Crippen LogP contribution in [-0.4, -0.2) is 37.1 Å². The van der Waals surface area contributed by atoms with Gasteiger partial charge >= 0.3 is 0 Å². The summed E-state index contributed by atoms with van der Waals surface area (Å²) >= 11 is 0. The molecule has 0 aromatic carbocycles. The molecule has 1 aliphatic carbocycles. The van der Waals surface area contributed by atoms with Crippen molar-refractivity contribution in [3.05, 3.63) is 0 Å². The van der Waals surface area contributed by atoms with Gasteiger partial charge in [-0.25, -0.2) is 0 Å². The normalized spacial score (nSPS) is 38.2. The van der Waals surface area contributed by atoms with E-state index in [9.17, 15) is 0 Å². The van der Waals surface area contributed by atoms with Crippen LogP contribution in [0.4, 0.5) is 0 Å². The molecule has 1 heterocycles. The molecule has 1 saturated carbocycles. The number of hydrogen-bond donors (Lipinski definition) is 1. The third-order valence-electron chi connectivity index (χ3n) is 4.34. The fourth-order valence-electron chi connectivity index (χ4n) is 3.28. The van der Waals surface area contributed by atoms with E-state index in [0.717, 1.165) is 11.8 Å². The van der Waals surface area contributed by atoms with Crippen LogP contribution < -0.4 is 5.32 Å². The standard InChI is InChI=1S/C14H28N2/c1-12-4-5-14(10-12)11-16-8-3-7-15-13(2)6-9-16/h12-15H,3-11H2,1-2H3.